The van der Waals surface area contributed by atoms with Crippen LogP contribution in [-0.4, -0.2) is 34.4 Å². The van der Waals surface area contributed by atoms with Crippen molar-refractivity contribution in [2.45, 2.75) is 30.3 Å². The zero-order chi connectivity index (χ0) is 18.0. The van der Waals surface area contributed by atoms with Gasteiger partial charge in [-0.3, -0.25) is 15.0 Å². The van der Waals surface area contributed by atoms with E-state index in [1.807, 2.05) is 0 Å². The molecule has 0 radical (unpaired) electrons. The monoisotopic (exact) mass is 387 g/mol. The minimum atomic E-state index is -4.44. The summed E-state index contributed by atoms with van der Waals surface area (Å²) in [5.41, 5.74) is -3.49. The van der Waals surface area contributed by atoms with Gasteiger partial charge in [0.05, 0.1) is 11.3 Å². The van der Waals surface area contributed by atoms with Crippen molar-refractivity contribution in [1.82, 2.24) is 9.88 Å². The number of hydrogen-bond acceptors (Lipinski definition) is 5. The second-order valence-electron chi connectivity index (χ2n) is 5.51. The molecular formula is C16H16F3N3OS2. The molecule has 1 aliphatic heterocycles. The van der Waals surface area contributed by atoms with E-state index >= 15 is 0 Å². The Bertz CT molecular complexity index is 776. The number of halogens is 3. The SMILES string of the molecule is CCN1CCc2nc(NC(=O)c3ccccc3SC(F)(F)F)sc2C1. The highest BCUT2D eigenvalue weighted by molar-refractivity contribution is 8.00. The number of aromatic nitrogens is 1. The molecule has 0 saturated heterocycles. The van der Waals surface area contributed by atoms with Crippen LogP contribution in [0.4, 0.5) is 18.3 Å². The molecule has 0 fully saturated rings. The molecule has 134 valence electrons. The molecule has 0 atom stereocenters. The topological polar surface area (TPSA) is 45.2 Å². The van der Waals surface area contributed by atoms with E-state index < -0.39 is 11.4 Å². The molecule has 0 spiro atoms. The van der Waals surface area contributed by atoms with Crippen molar-refractivity contribution in [3.05, 3.63) is 40.4 Å². The van der Waals surface area contributed by atoms with Gasteiger partial charge in [0.1, 0.15) is 0 Å². The summed E-state index contributed by atoms with van der Waals surface area (Å²) in [4.78, 5) is 20.1. The summed E-state index contributed by atoms with van der Waals surface area (Å²) >= 11 is 1.10. The molecule has 2 heterocycles. The smallest absolute Gasteiger partial charge is 0.298 e. The molecule has 1 N–H and O–H groups in total. The van der Waals surface area contributed by atoms with E-state index in [1.165, 1.54) is 29.5 Å². The Kier molecular flexibility index (Phi) is 5.35. The predicted octanol–water partition coefficient (Wildman–Crippen LogP) is 4.39. The van der Waals surface area contributed by atoms with Crippen molar-refractivity contribution < 1.29 is 18.0 Å². The minimum absolute atomic E-state index is 0.00631. The van der Waals surface area contributed by atoms with Crippen molar-refractivity contribution in [3.8, 4) is 0 Å². The van der Waals surface area contributed by atoms with Crippen molar-refractivity contribution in [1.29, 1.82) is 0 Å². The highest BCUT2D eigenvalue weighted by atomic mass is 32.2. The lowest BCUT2D eigenvalue weighted by molar-refractivity contribution is -0.0328. The van der Waals surface area contributed by atoms with E-state index in [0.29, 0.717) is 5.13 Å². The molecule has 4 nitrogen and oxygen atoms in total. The molecule has 2 aromatic rings. The molecule has 25 heavy (non-hydrogen) atoms. The van der Waals surface area contributed by atoms with Gasteiger partial charge in [0, 0.05) is 29.3 Å². The van der Waals surface area contributed by atoms with Gasteiger partial charge < -0.3 is 0 Å². The summed E-state index contributed by atoms with van der Waals surface area (Å²) < 4.78 is 38.0. The molecule has 0 unspecified atom stereocenters. The van der Waals surface area contributed by atoms with E-state index in [1.54, 1.807) is 6.07 Å². The summed E-state index contributed by atoms with van der Waals surface area (Å²) in [5.74, 6) is -0.578. The van der Waals surface area contributed by atoms with Crippen LogP contribution in [0.15, 0.2) is 29.2 Å². The second-order valence-corrected chi connectivity index (χ2v) is 7.70. The Morgan fingerprint density at radius 1 is 1.40 bits per heavy atom. The van der Waals surface area contributed by atoms with Gasteiger partial charge in [-0.05, 0) is 30.4 Å². The van der Waals surface area contributed by atoms with Crippen LogP contribution >= 0.6 is 23.1 Å². The number of carbonyl (C=O) groups is 1. The first-order chi connectivity index (χ1) is 11.9. The highest BCUT2D eigenvalue weighted by Gasteiger charge is 2.31. The fraction of sp³-hybridized carbons (Fsp3) is 0.375. The lowest BCUT2D eigenvalue weighted by atomic mass is 10.2. The Labute approximate surface area is 151 Å². The van der Waals surface area contributed by atoms with E-state index in [9.17, 15) is 18.0 Å². The molecule has 3 rings (SSSR count). The van der Waals surface area contributed by atoms with Gasteiger partial charge >= 0.3 is 5.51 Å². The van der Waals surface area contributed by atoms with E-state index in [4.69, 9.17) is 0 Å². The maximum absolute atomic E-state index is 12.7. The molecule has 1 aliphatic rings. The fourth-order valence-electron chi connectivity index (χ4n) is 2.60. The Morgan fingerprint density at radius 2 is 2.16 bits per heavy atom. The normalized spacial score (nSPS) is 15.0. The van der Waals surface area contributed by atoms with Gasteiger partial charge in [-0.25, -0.2) is 4.98 Å². The standard InChI is InChI=1S/C16H16F3N3OS2/c1-2-22-8-7-11-13(9-22)24-15(20-11)21-14(23)10-5-3-4-6-12(10)25-16(17,18)19/h3-6H,2,7-9H2,1H3,(H,20,21,23). The van der Waals surface area contributed by atoms with Crippen LogP contribution in [0.25, 0.3) is 0 Å². The third kappa shape index (κ3) is 4.53. The Hall–Kier alpha value is -1.58. The molecule has 0 bridgehead atoms. The number of anilines is 1. The average molecular weight is 387 g/mol. The van der Waals surface area contributed by atoms with Gasteiger partial charge in [0.15, 0.2) is 5.13 Å². The van der Waals surface area contributed by atoms with E-state index in [-0.39, 0.29) is 22.2 Å². The molecule has 9 heteroatoms. The number of hydrogen-bond donors (Lipinski definition) is 1. The Morgan fingerprint density at radius 3 is 2.88 bits per heavy atom. The van der Waals surface area contributed by atoms with Crippen molar-refractivity contribution >= 4 is 34.1 Å². The predicted molar refractivity (Wildman–Crippen MR) is 93.1 cm³/mol. The second kappa shape index (κ2) is 7.35. The molecule has 1 aromatic heterocycles. The summed E-state index contributed by atoms with van der Waals surface area (Å²) in [6, 6.07) is 5.70. The number of thiazole rings is 1. The number of alkyl halides is 3. The summed E-state index contributed by atoms with van der Waals surface area (Å²) in [5, 5.41) is 3.07. The third-order valence-corrected chi connectivity index (χ3v) is 5.64. The van der Waals surface area contributed by atoms with Crippen LogP contribution in [-0.2, 0) is 13.0 Å². The van der Waals surface area contributed by atoms with Gasteiger partial charge in [-0.1, -0.05) is 19.1 Å². The van der Waals surface area contributed by atoms with Crippen LogP contribution in [0.5, 0.6) is 0 Å². The number of likely N-dealkylation sites (N-methyl/N-ethyl adjacent to an activating group) is 1. The molecule has 1 amide bonds. The largest absolute Gasteiger partial charge is 0.446 e. The molecule has 0 aliphatic carbocycles. The first kappa shape index (κ1) is 18.2. The van der Waals surface area contributed by atoms with Crippen molar-refractivity contribution in [2.24, 2.45) is 0 Å². The van der Waals surface area contributed by atoms with Crippen LogP contribution in [0.3, 0.4) is 0 Å². The number of nitrogens with one attached hydrogen (secondary N) is 1. The van der Waals surface area contributed by atoms with Crippen molar-refractivity contribution in [3.63, 3.8) is 0 Å². The highest BCUT2D eigenvalue weighted by Crippen LogP contribution is 2.38. The average Bonchev–Trinajstić information content (AvgIpc) is 2.94. The van der Waals surface area contributed by atoms with Gasteiger partial charge in [-0.15, -0.1) is 11.3 Å². The van der Waals surface area contributed by atoms with Gasteiger partial charge in [0.25, 0.3) is 5.91 Å². The number of thioether (sulfide) groups is 1. The quantitative estimate of drug-likeness (QED) is 0.791. The van der Waals surface area contributed by atoms with Gasteiger partial charge in [0.2, 0.25) is 0 Å². The fourth-order valence-corrected chi connectivity index (χ4v) is 4.32. The van der Waals surface area contributed by atoms with E-state index in [2.05, 4.69) is 22.1 Å². The lowest BCUT2D eigenvalue weighted by Gasteiger charge is -2.23. The third-order valence-electron chi connectivity index (χ3n) is 3.84. The summed E-state index contributed by atoms with van der Waals surface area (Å²) in [7, 11) is 0. The number of fused-ring (bicyclic) bond motifs is 1. The summed E-state index contributed by atoms with van der Waals surface area (Å²) in [6.45, 7) is 4.75. The zero-order valence-corrected chi connectivity index (χ0v) is 15.0. The first-order valence-corrected chi connectivity index (χ1v) is 9.36. The summed E-state index contributed by atoms with van der Waals surface area (Å²) in [6.07, 6.45) is 0.816. The number of nitrogens with zero attached hydrogens (tertiary/aromatic N) is 2. The molecule has 0 saturated carbocycles. The van der Waals surface area contributed by atoms with Crippen LogP contribution in [0.1, 0.15) is 27.9 Å². The Balaban J connectivity index is 1.77. The minimum Gasteiger partial charge on any atom is -0.298 e. The molecular weight excluding hydrogens is 371 g/mol. The maximum atomic E-state index is 12.7. The van der Waals surface area contributed by atoms with Crippen LogP contribution in [0.2, 0.25) is 0 Å². The number of amides is 1. The van der Waals surface area contributed by atoms with E-state index in [0.717, 1.165) is 36.6 Å². The number of carbonyl (C=O) groups excluding carboxylic acids is 1. The first-order valence-electron chi connectivity index (χ1n) is 7.73. The van der Waals surface area contributed by atoms with Crippen molar-refractivity contribution in [2.75, 3.05) is 18.4 Å². The van der Waals surface area contributed by atoms with Gasteiger partial charge in [-0.2, -0.15) is 13.2 Å². The van der Waals surface area contributed by atoms with Crippen LogP contribution in [0, 0.1) is 0 Å². The lowest BCUT2D eigenvalue weighted by Crippen LogP contribution is -2.29. The number of benzene rings is 1. The maximum Gasteiger partial charge on any atom is 0.446 e. The number of rotatable bonds is 4. The molecule has 1 aromatic carbocycles. The van der Waals surface area contributed by atoms with Crippen LogP contribution < -0.4 is 5.32 Å². The zero-order valence-electron chi connectivity index (χ0n) is 13.4.